The Morgan fingerprint density at radius 3 is 2.89 bits per heavy atom. The number of hydrogen-bond acceptors (Lipinski definition) is 7. The molecule has 0 saturated carbocycles. The van der Waals surface area contributed by atoms with Crippen molar-refractivity contribution in [3.8, 4) is 11.3 Å². The Bertz CT molecular complexity index is 876. The predicted molar refractivity (Wildman–Crippen MR) is 108 cm³/mol. The number of aryl methyl sites for hydroxylation is 1. The molecule has 0 unspecified atom stereocenters. The quantitative estimate of drug-likeness (QED) is 0.552. The summed E-state index contributed by atoms with van der Waals surface area (Å²) >= 11 is 2.76. The van der Waals surface area contributed by atoms with Crippen LogP contribution in [0.25, 0.3) is 11.3 Å². The molecule has 0 atom stereocenters. The molecule has 0 aliphatic carbocycles. The molecule has 1 amide bonds. The number of amides is 1. The minimum atomic E-state index is -0.122. The Morgan fingerprint density at radius 1 is 1.33 bits per heavy atom. The number of thiazole rings is 1. The standard InChI is InChI=1S/C18H21N5O2S2/c1-3-13-4-6-14(7-5-13)15-10-26-17(20-15)21-16(24)11-27-18-22-19-12-23(18)8-9-25-2/h4-7,10,12H,3,8-9,11H2,1-2H3,(H,20,21,24). The van der Waals surface area contributed by atoms with Gasteiger partial charge in [0.05, 0.1) is 18.1 Å². The second-order valence-corrected chi connectivity index (χ2v) is 7.53. The van der Waals surface area contributed by atoms with E-state index in [-0.39, 0.29) is 11.7 Å². The molecule has 9 heteroatoms. The van der Waals surface area contributed by atoms with E-state index in [9.17, 15) is 4.79 Å². The lowest BCUT2D eigenvalue weighted by Crippen LogP contribution is -2.14. The van der Waals surface area contributed by atoms with Gasteiger partial charge in [0.2, 0.25) is 5.91 Å². The van der Waals surface area contributed by atoms with Crippen molar-refractivity contribution in [3.05, 3.63) is 41.5 Å². The number of methoxy groups -OCH3 is 1. The molecule has 3 aromatic rings. The number of aromatic nitrogens is 4. The van der Waals surface area contributed by atoms with Gasteiger partial charge in [0.1, 0.15) is 6.33 Å². The number of nitrogens with zero attached hydrogens (tertiary/aromatic N) is 4. The summed E-state index contributed by atoms with van der Waals surface area (Å²) in [6, 6.07) is 8.32. The fraction of sp³-hybridized carbons (Fsp3) is 0.333. The minimum Gasteiger partial charge on any atom is -0.383 e. The van der Waals surface area contributed by atoms with Gasteiger partial charge in [-0.2, -0.15) is 0 Å². The summed E-state index contributed by atoms with van der Waals surface area (Å²) < 4.78 is 6.92. The van der Waals surface area contributed by atoms with E-state index in [1.165, 1.54) is 28.7 Å². The van der Waals surface area contributed by atoms with Crippen LogP contribution in [-0.2, 0) is 22.5 Å². The highest BCUT2D eigenvalue weighted by Gasteiger charge is 2.11. The average molecular weight is 404 g/mol. The van der Waals surface area contributed by atoms with E-state index >= 15 is 0 Å². The van der Waals surface area contributed by atoms with E-state index in [2.05, 4.69) is 51.7 Å². The molecule has 0 aliphatic rings. The van der Waals surface area contributed by atoms with E-state index in [1.807, 2.05) is 9.95 Å². The fourth-order valence-corrected chi connectivity index (χ4v) is 3.84. The molecular formula is C18H21N5O2S2. The Balaban J connectivity index is 1.54. The maximum absolute atomic E-state index is 12.2. The molecule has 0 radical (unpaired) electrons. The number of carbonyl (C=O) groups excluding carboxylic acids is 1. The van der Waals surface area contributed by atoms with Crippen LogP contribution in [0.2, 0.25) is 0 Å². The molecule has 27 heavy (non-hydrogen) atoms. The summed E-state index contributed by atoms with van der Waals surface area (Å²) in [7, 11) is 1.64. The number of benzene rings is 1. The van der Waals surface area contributed by atoms with Crippen molar-refractivity contribution in [2.45, 2.75) is 25.0 Å². The smallest absolute Gasteiger partial charge is 0.236 e. The monoisotopic (exact) mass is 403 g/mol. The number of hydrogen-bond donors (Lipinski definition) is 1. The highest BCUT2D eigenvalue weighted by atomic mass is 32.2. The SMILES string of the molecule is CCc1ccc(-c2csc(NC(=O)CSc3nncn3CCOC)n2)cc1. The zero-order chi connectivity index (χ0) is 19.1. The summed E-state index contributed by atoms with van der Waals surface area (Å²) in [4.78, 5) is 16.7. The topological polar surface area (TPSA) is 81.9 Å². The van der Waals surface area contributed by atoms with Crippen LogP contribution >= 0.6 is 23.1 Å². The van der Waals surface area contributed by atoms with Gasteiger partial charge in [-0.3, -0.25) is 4.79 Å². The molecule has 0 saturated heterocycles. The summed E-state index contributed by atoms with van der Waals surface area (Å²) in [6.45, 7) is 3.35. The first-order valence-corrected chi connectivity index (χ1v) is 10.4. The van der Waals surface area contributed by atoms with E-state index in [4.69, 9.17) is 4.74 Å². The van der Waals surface area contributed by atoms with Crippen LogP contribution in [0.4, 0.5) is 5.13 Å². The number of anilines is 1. The number of rotatable bonds is 9. The third-order valence-electron chi connectivity index (χ3n) is 3.86. The van der Waals surface area contributed by atoms with Gasteiger partial charge in [0.25, 0.3) is 0 Å². The summed E-state index contributed by atoms with van der Waals surface area (Å²) in [5.41, 5.74) is 3.20. The molecule has 3 rings (SSSR count). The van der Waals surface area contributed by atoms with Gasteiger partial charge in [0.15, 0.2) is 10.3 Å². The van der Waals surface area contributed by atoms with Crippen molar-refractivity contribution >= 4 is 34.1 Å². The molecule has 0 spiro atoms. The first kappa shape index (κ1) is 19.5. The molecule has 0 aliphatic heterocycles. The minimum absolute atomic E-state index is 0.122. The molecular weight excluding hydrogens is 382 g/mol. The molecule has 2 aromatic heterocycles. The normalized spacial score (nSPS) is 10.9. The molecule has 0 bridgehead atoms. The number of ether oxygens (including phenoxy) is 1. The molecule has 1 aromatic carbocycles. The van der Waals surface area contributed by atoms with Gasteiger partial charge in [-0.05, 0) is 12.0 Å². The zero-order valence-corrected chi connectivity index (χ0v) is 16.8. The molecule has 0 fully saturated rings. The summed E-state index contributed by atoms with van der Waals surface area (Å²) in [5, 5.41) is 14.0. The Hall–Kier alpha value is -2.23. The van der Waals surface area contributed by atoms with Crippen molar-refractivity contribution in [2.75, 3.05) is 24.8 Å². The Kier molecular flexibility index (Phi) is 6.97. The first-order chi connectivity index (χ1) is 13.2. The van der Waals surface area contributed by atoms with Gasteiger partial charge in [-0.1, -0.05) is 43.0 Å². The highest BCUT2D eigenvalue weighted by Crippen LogP contribution is 2.25. The molecule has 1 N–H and O–H groups in total. The van der Waals surface area contributed by atoms with Crippen LogP contribution in [-0.4, -0.2) is 45.1 Å². The predicted octanol–water partition coefficient (Wildman–Crippen LogP) is 3.34. The lowest BCUT2D eigenvalue weighted by atomic mass is 10.1. The summed E-state index contributed by atoms with van der Waals surface area (Å²) in [6.07, 6.45) is 2.64. The third-order valence-corrected chi connectivity index (χ3v) is 5.60. The summed E-state index contributed by atoms with van der Waals surface area (Å²) in [5.74, 6) is 0.120. The van der Waals surface area contributed by atoms with Crippen LogP contribution < -0.4 is 5.32 Å². The second kappa shape index (κ2) is 9.63. The van der Waals surface area contributed by atoms with Crippen molar-refractivity contribution in [1.82, 2.24) is 19.7 Å². The fourth-order valence-electron chi connectivity index (χ4n) is 2.36. The number of nitrogens with one attached hydrogen (secondary N) is 1. The van der Waals surface area contributed by atoms with E-state index < -0.39 is 0 Å². The maximum atomic E-state index is 12.2. The van der Waals surface area contributed by atoms with Crippen LogP contribution in [0.3, 0.4) is 0 Å². The highest BCUT2D eigenvalue weighted by molar-refractivity contribution is 7.99. The zero-order valence-electron chi connectivity index (χ0n) is 15.2. The van der Waals surface area contributed by atoms with E-state index in [0.717, 1.165) is 17.7 Å². The Morgan fingerprint density at radius 2 is 2.15 bits per heavy atom. The van der Waals surface area contributed by atoms with Crippen LogP contribution in [0.1, 0.15) is 12.5 Å². The lowest BCUT2D eigenvalue weighted by Gasteiger charge is -2.05. The maximum Gasteiger partial charge on any atom is 0.236 e. The Labute approximate surface area is 166 Å². The average Bonchev–Trinajstić information content (AvgIpc) is 3.34. The second-order valence-electron chi connectivity index (χ2n) is 5.72. The van der Waals surface area contributed by atoms with Crippen molar-refractivity contribution in [2.24, 2.45) is 0 Å². The van der Waals surface area contributed by atoms with Crippen LogP contribution in [0.5, 0.6) is 0 Å². The van der Waals surface area contributed by atoms with Crippen molar-refractivity contribution < 1.29 is 9.53 Å². The van der Waals surface area contributed by atoms with Gasteiger partial charge in [-0.15, -0.1) is 21.5 Å². The van der Waals surface area contributed by atoms with Gasteiger partial charge < -0.3 is 14.6 Å². The van der Waals surface area contributed by atoms with E-state index in [0.29, 0.717) is 23.4 Å². The third kappa shape index (κ3) is 5.38. The largest absolute Gasteiger partial charge is 0.383 e. The molecule has 2 heterocycles. The van der Waals surface area contributed by atoms with Gasteiger partial charge >= 0.3 is 0 Å². The number of carbonyl (C=O) groups is 1. The number of thioether (sulfide) groups is 1. The molecule has 7 nitrogen and oxygen atoms in total. The van der Waals surface area contributed by atoms with E-state index in [1.54, 1.807) is 13.4 Å². The van der Waals surface area contributed by atoms with Crippen LogP contribution in [0.15, 0.2) is 41.1 Å². The van der Waals surface area contributed by atoms with Gasteiger partial charge in [0, 0.05) is 24.6 Å². The van der Waals surface area contributed by atoms with Gasteiger partial charge in [-0.25, -0.2) is 4.98 Å². The lowest BCUT2D eigenvalue weighted by molar-refractivity contribution is -0.113. The van der Waals surface area contributed by atoms with Crippen LogP contribution in [0, 0.1) is 0 Å². The first-order valence-electron chi connectivity index (χ1n) is 8.53. The van der Waals surface area contributed by atoms with Crippen molar-refractivity contribution in [1.29, 1.82) is 0 Å². The molecule has 142 valence electrons. The van der Waals surface area contributed by atoms with Crippen molar-refractivity contribution in [3.63, 3.8) is 0 Å².